The zero-order valence-corrected chi connectivity index (χ0v) is 9.30. The third-order valence-corrected chi connectivity index (χ3v) is 6.49. The van der Waals surface area contributed by atoms with E-state index in [9.17, 15) is 0 Å². The summed E-state index contributed by atoms with van der Waals surface area (Å²) in [5, 5.41) is 0. The molecule has 64 valence electrons. The fraction of sp³-hybridized carbons (Fsp3) is 1.00. The van der Waals surface area contributed by atoms with E-state index in [1.807, 2.05) is 0 Å². The molecule has 0 heterocycles. The van der Waals surface area contributed by atoms with Crippen molar-refractivity contribution in [1.29, 1.82) is 0 Å². The molecule has 0 amide bonds. The molecular formula is C8H20ClP. The van der Waals surface area contributed by atoms with Gasteiger partial charge in [0.2, 0.25) is 0 Å². The van der Waals surface area contributed by atoms with Crippen molar-refractivity contribution < 1.29 is 0 Å². The fourth-order valence-electron chi connectivity index (χ4n) is 1.49. The molecule has 0 nitrogen and oxygen atoms in total. The van der Waals surface area contributed by atoms with Gasteiger partial charge in [-0.05, 0) is 0 Å². The maximum atomic E-state index is 6.52. The Morgan fingerprint density at radius 3 is 1.50 bits per heavy atom. The van der Waals surface area contributed by atoms with E-state index in [2.05, 4.69) is 27.2 Å². The Balaban J connectivity index is 3.97. The molecule has 0 rings (SSSR count). The molecule has 0 bridgehead atoms. The van der Waals surface area contributed by atoms with Gasteiger partial charge in [0.1, 0.15) is 0 Å². The number of rotatable bonds is 4. The molecule has 0 N–H and O–H groups in total. The number of hydrogen-bond donors (Lipinski definition) is 0. The van der Waals surface area contributed by atoms with Crippen molar-refractivity contribution in [3.8, 4) is 0 Å². The number of hydrogen-bond acceptors (Lipinski definition) is 0. The van der Waals surface area contributed by atoms with Crippen molar-refractivity contribution in [2.75, 3.05) is 25.7 Å². The minimum atomic E-state index is -1.69. The van der Waals surface area contributed by atoms with Crippen LogP contribution in [0.25, 0.3) is 0 Å². The van der Waals surface area contributed by atoms with Crippen LogP contribution in [0.1, 0.15) is 26.7 Å². The molecule has 2 heteroatoms. The van der Waals surface area contributed by atoms with E-state index < -0.39 is 5.96 Å². The van der Waals surface area contributed by atoms with Crippen molar-refractivity contribution in [3.63, 3.8) is 0 Å². The second kappa shape index (κ2) is 3.41. The Hall–Kier alpha value is 0.720. The normalized spacial score (nSPS) is 16.3. The van der Waals surface area contributed by atoms with Gasteiger partial charge in [0.15, 0.2) is 0 Å². The van der Waals surface area contributed by atoms with Gasteiger partial charge in [-0.2, -0.15) is 0 Å². The van der Waals surface area contributed by atoms with Crippen LogP contribution >= 0.6 is 17.2 Å². The van der Waals surface area contributed by atoms with Gasteiger partial charge in [-0.15, -0.1) is 0 Å². The van der Waals surface area contributed by atoms with Crippen LogP contribution in [0.15, 0.2) is 0 Å². The second-order valence-corrected chi connectivity index (χ2v) is 13.3. The molecule has 0 aliphatic heterocycles. The van der Waals surface area contributed by atoms with Gasteiger partial charge in [-0.25, -0.2) is 0 Å². The van der Waals surface area contributed by atoms with Crippen LogP contribution in [0.3, 0.4) is 0 Å². The van der Waals surface area contributed by atoms with Crippen molar-refractivity contribution in [2.24, 2.45) is 0 Å². The first-order valence-corrected chi connectivity index (χ1v) is 8.52. The summed E-state index contributed by atoms with van der Waals surface area (Å²) in [7, 11) is 0. The molecule has 0 aliphatic rings. The van der Waals surface area contributed by atoms with E-state index >= 15 is 0 Å². The first-order valence-electron chi connectivity index (χ1n) is 4.11. The molecule has 0 saturated heterocycles. The topological polar surface area (TPSA) is 0 Å². The third kappa shape index (κ3) is 4.52. The van der Waals surface area contributed by atoms with Crippen LogP contribution in [0.5, 0.6) is 0 Å². The Labute approximate surface area is 70.1 Å². The van der Waals surface area contributed by atoms with Crippen molar-refractivity contribution in [2.45, 2.75) is 26.7 Å². The van der Waals surface area contributed by atoms with Crippen LogP contribution in [0.2, 0.25) is 0 Å². The monoisotopic (exact) mass is 182 g/mol. The Morgan fingerprint density at radius 1 is 1.00 bits per heavy atom. The van der Waals surface area contributed by atoms with E-state index in [1.54, 1.807) is 0 Å². The van der Waals surface area contributed by atoms with Crippen LogP contribution in [-0.4, -0.2) is 25.7 Å². The minimum absolute atomic E-state index is 1.23. The average Bonchev–Trinajstić information content (AvgIpc) is 1.61. The van der Waals surface area contributed by atoms with Gasteiger partial charge in [0.05, 0.1) is 0 Å². The summed E-state index contributed by atoms with van der Waals surface area (Å²) >= 11 is 6.52. The first kappa shape index (κ1) is 10.7. The van der Waals surface area contributed by atoms with Gasteiger partial charge < -0.3 is 0 Å². The van der Waals surface area contributed by atoms with Gasteiger partial charge >= 0.3 is 69.5 Å². The molecule has 0 spiro atoms. The third-order valence-electron chi connectivity index (χ3n) is 1.83. The van der Waals surface area contributed by atoms with Crippen LogP contribution < -0.4 is 0 Å². The van der Waals surface area contributed by atoms with E-state index in [-0.39, 0.29) is 0 Å². The van der Waals surface area contributed by atoms with E-state index in [4.69, 9.17) is 11.2 Å². The van der Waals surface area contributed by atoms with Gasteiger partial charge in [0, 0.05) is 0 Å². The summed E-state index contributed by atoms with van der Waals surface area (Å²) in [5.74, 6) is -1.69. The quantitative estimate of drug-likeness (QED) is 0.581. The standard InChI is InChI=1S/C8H20ClP/c1-5-7-10(3,4,9)8-6-2/h5-8H2,1-4H3. The molecule has 0 radical (unpaired) electrons. The van der Waals surface area contributed by atoms with E-state index in [0.29, 0.717) is 0 Å². The SMILES string of the molecule is CCCP(C)(C)(Cl)CCC. The molecule has 0 saturated carbocycles. The summed E-state index contributed by atoms with van der Waals surface area (Å²) < 4.78 is 0. The van der Waals surface area contributed by atoms with Crippen molar-refractivity contribution >= 4 is 17.2 Å². The summed E-state index contributed by atoms with van der Waals surface area (Å²) in [5.41, 5.74) is 0. The Bertz CT molecular complexity index is 91.6. The molecule has 0 fully saturated rings. The van der Waals surface area contributed by atoms with Gasteiger partial charge in [-0.3, -0.25) is 0 Å². The van der Waals surface area contributed by atoms with Crippen molar-refractivity contribution in [1.82, 2.24) is 0 Å². The molecular weight excluding hydrogens is 163 g/mol. The first-order chi connectivity index (χ1) is 4.39. The second-order valence-electron chi connectivity index (χ2n) is 3.96. The van der Waals surface area contributed by atoms with Gasteiger partial charge in [-0.1, -0.05) is 0 Å². The summed E-state index contributed by atoms with van der Waals surface area (Å²) in [6, 6.07) is 0. The zero-order chi connectivity index (χ0) is 8.28. The molecule has 0 aromatic carbocycles. The van der Waals surface area contributed by atoms with Crippen LogP contribution in [-0.2, 0) is 0 Å². The average molecular weight is 183 g/mol. The summed E-state index contributed by atoms with van der Waals surface area (Å²) in [6.45, 7) is 8.99. The van der Waals surface area contributed by atoms with Crippen LogP contribution in [0, 0.1) is 0 Å². The molecule has 10 heavy (non-hydrogen) atoms. The zero-order valence-electron chi connectivity index (χ0n) is 7.65. The molecule has 0 aromatic heterocycles. The molecule has 0 aliphatic carbocycles. The predicted octanol–water partition coefficient (Wildman–Crippen LogP) is 3.77. The molecule has 0 unspecified atom stereocenters. The van der Waals surface area contributed by atoms with Crippen LogP contribution in [0.4, 0.5) is 0 Å². The predicted molar refractivity (Wildman–Crippen MR) is 54.9 cm³/mol. The van der Waals surface area contributed by atoms with Gasteiger partial charge in [0.25, 0.3) is 0 Å². The Kier molecular flexibility index (Phi) is 3.66. The summed E-state index contributed by atoms with van der Waals surface area (Å²) in [6.07, 6.45) is 4.94. The number of halogens is 1. The fourth-order valence-corrected chi connectivity index (χ4v) is 5.49. The van der Waals surface area contributed by atoms with Crippen molar-refractivity contribution in [3.05, 3.63) is 0 Å². The summed E-state index contributed by atoms with van der Waals surface area (Å²) in [4.78, 5) is 0. The Morgan fingerprint density at radius 2 is 1.30 bits per heavy atom. The van der Waals surface area contributed by atoms with E-state index in [1.165, 1.54) is 25.2 Å². The maximum absolute atomic E-state index is 6.52. The molecule has 0 aromatic rings. The van der Waals surface area contributed by atoms with E-state index in [0.717, 1.165) is 0 Å². The molecule has 0 atom stereocenters.